The van der Waals surface area contributed by atoms with Gasteiger partial charge in [-0.1, -0.05) is 17.7 Å². The molecule has 1 aliphatic heterocycles. The first-order valence-electron chi connectivity index (χ1n) is 5.72. The van der Waals surface area contributed by atoms with E-state index >= 15 is 0 Å². The minimum absolute atomic E-state index is 0.00910. The number of carbonyl (C=O) groups is 1. The fourth-order valence-corrected chi connectivity index (χ4v) is 2.04. The molecule has 2 rings (SSSR count). The van der Waals surface area contributed by atoms with Gasteiger partial charge in [-0.2, -0.15) is 10.1 Å². The van der Waals surface area contributed by atoms with Crippen LogP contribution in [0.4, 0.5) is 17.6 Å². The summed E-state index contributed by atoms with van der Waals surface area (Å²) in [5, 5.41) is 13.1. The third-order valence-electron chi connectivity index (χ3n) is 2.90. The molecule has 1 atom stereocenters. The zero-order valence-corrected chi connectivity index (χ0v) is 11.1. The molecule has 1 aliphatic rings. The molecule has 9 heteroatoms. The third kappa shape index (κ3) is 2.86. The zero-order chi connectivity index (χ0) is 15.8. The van der Waals surface area contributed by atoms with Gasteiger partial charge in [-0.05, 0) is 18.2 Å². The Morgan fingerprint density at radius 2 is 2.05 bits per heavy atom. The molecule has 0 aromatic heterocycles. The second kappa shape index (κ2) is 5.61. The van der Waals surface area contributed by atoms with Gasteiger partial charge in [0, 0.05) is 17.0 Å². The number of alkyl halides is 4. The van der Waals surface area contributed by atoms with Gasteiger partial charge in [0.1, 0.15) is 5.71 Å². The van der Waals surface area contributed by atoms with Gasteiger partial charge in [-0.3, -0.25) is 4.79 Å². The van der Waals surface area contributed by atoms with Crippen molar-refractivity contribution in [2.45, 2.75) is 25.0 Å². The van der Waals surface area contributed by atoms with Crippen molar-refractivity contribution in [2.24, 2.45) is 5.10 Å². The Morgan fingerprint density at radius 1 is 1.38 bits per heavy atom. The molecule has 0 spiro atoms. The summed E-state index contributed by atoms with van der Waals surface area (Å²) >= 11 is 5.67. The Bertz CT molecular complexity index is 596. The number of nitrogens with zero attached hydrogens (tertiary/aromatic N) is 2. The van der Waals surface area contributed by atoms with Crippen LogP contribution in [0.25, 0.3) is 0 Å². The second-order valence-corrected chi connectivity index (χ2v) is 4.81. The van der Waals surface area contributed by atoms with E-state index < -0.39 is 36.6 Å². The fourth-order valence-electron chi connectivity index (χ4n) is 1.85. The molecule has 0 saturated carbocycles. The van der Waals surface area contributed by atoms with E-state index in [1.54, 1.807) is 0 Å². The number of rotatable bonds is 3. The normalized spacial score (nSPS) is 22.1. The maximum atomic E-state index is 13.0. The summed E-state index contributed by atoms with van der Waals surface area (Å²) in [6, 6.07) is 5.22. The number of hydrogen-bond acceptors (Lipinski definition) is 3. The van der Waals surface area contributed by atoms with Crippen molar-refractivity contribution in [3.63, 3.8) is 0 Å². The van der Waals surface area contributed by atoms with Crippen LogP contribution in [-0.2, 0) is 0 Å². The van der Waals surface area contributed by atoms with E-state index in [9.17, 15) is 27.5 Å². The average molecular weight is 325 g/mol. The van der Waals surface area contributed by atoms with Crippen molar-refractivity contribution in [1.82, 2.24) is 5.01 Å². The highest BCUT2D eigenvalue weighted by molar-refractivity contribution is 6.31. The zero-order valence-electron chi connectivity index (χ0n) is 10.3. The second-order valence-electron chi connectivity index (χ2n) is 4.38. The van der Waals surface area contributed by atoms with Gasteiger partial charge >= 0.3 is 0 Å². The minimum atomic E-state index is -3.46. The molecule has 0 fully saturated rings. The summed E-state index contributed by atoms with van der Waals surface area (Å²) in [4.78, 5) is 12.1. The Hall–Kier alpha value is -1.67. The molecule has 1 aromatic rings. The largest absolute Gasteiger partial charge is 0.364 e. The Morgan fingerprint density at radius 3 is 2.57 bits per heavy atom. The van der Waals surface area contributed by atoms with Crippen LogP contribution in [0.2, 0.25) is 5.02 Å². The first-order valence-corrected chi connectivity index (χ1v) is 6.09. The number of hydrogen-bond donors (Lipinski definition) is 1. The summed E-state index contributed by atoms with van der Waals surface area (Å²) in [5.41, 5.74) is -4.22. The molecule has 0 radical (unpaired) electrons. The van der Waals surface area contributed by atoms with Crippen LogP contribution in [0.1, 0.15) is 16.8 Å². The van der Waals surface area contributed by atoms with E-state index in [1.165, 1.54) is 18.2 Å². The summed E-state index contributed by atoms with van der Waals surface area (Å²) in [5.74, 6) is -1.14. The number of hydrazone groups is 1. The van der Waals surface area contributed by atoms with Crippen LogP contribution < -0.4 is 0 Å². The Kier molecular flexibility index (Phi) is 4.20. The molecule has 114 valence electrons. The van der Waals surface area contributed by atoms with Crippen LogP contribution in [0.15, 0.2) is 29.4 Å². The number of halogens is 5. The van der Waals surface area contributed by atoms with Gasteiger partial charge in [-0.25, -0.2) is 17.6 Å². The smallest absolute Gasteiger partial charge is 0.287 e. The molecule has 4 nitrogen and oxygen atoms in total. The van der Waals surface area contributed by atoms with Gasteiger partial charge in [0.05, 0.1) is 0 Å². The molecule has 1 N–H and O–H groups in total. The van der Waals surface area contributed by atoms with Crippen LogP contribution in [-0.4, -0.2) is 40.3 Å². The Labute approximate surface area is 121 Å². The van der Waals surface area contributed by atoms with Crippen molar-refractivity contribution in [2.75, 3.05) is 0 Å². The van der Waals surface area contributed by atoms with Crippen LogP contribution in [0, 0.1) is 0 Å². The molecule has 1 aromatic carbocycles. The topological polar surface area (TPSA) is 52.9 Å². The van der Waals surface area contributed by atoms with Crippen molar-refractivity contribution in [3.8, 4) is 0 Å². The van der Waals surface area contributed by atoms with E-state index in [-0.39, 0.29) is 15.6 Å². The van der Waals surface area contributed by atoms with Crippen LogP contribution >= 0.6 is 11.6 Å². The summed E-state index contributed by atoms with van der Waals surface area (Å²) in [6.45, 7) is 0. The van der Waals surface area contributed by atoms with E-state index in [1.807, 2.05) is 0 Å². The molecule has 0 aliphatic carbocycles. The third-order valence-corrected chi connectivity index (χ3v) is 3.14. The van der Waals surface area contributed by atoms with Crippen LogP contribution in [0.3, 0.4) is 0 Å². The Balaban J connectivity index is 2.40. The van der Waals surface area contributed by atoms with Crippen molar-refractivity contribution in [3.05, 3.63) is 34.9 Å². The lowest BCUT2D eigenvalue weighted by Crippen LogP contribution is -2.51. The molecule has 1 amide bonds. The van der Waals surface area contributed by atoms with Gasteiger partial charge < -0.3 is 5.11 Å². The lowest BCUT2D eigenvalue weighted by Gasteiger charge is -2.30. The van der Waals surface area contributed by atoms with Gasteiger partial charge in [0.25, 0.3) is 18.8 Å². The molecule has 0 saturated heterocycles. The van der Waals surface area contributed by atoms with Gasteiger partial charge in [-0.15, -0.1) is 0 Å². The van der Waals surface area contributed by atoms with E-state index in [0.29, 0.717) is 0 Å². The van der Waals surface area contributed by atoms with Gasteiger partial charge in [0.2, 0.25) is 5.72 Å². The van der Waals surface area contributed by atoms with E-state index in [0.717, 1.165) is 6.07 Å². The van der Waals surface area contributed by atoms with Crippen molar-refractivity contribution >= 4 is 23.2 Å². The number of carbonyl (C=O) groups excluding carboxylic acids is 1. The average Bonchev–Trinajstić information content (AvgIpc) is 2.77. The highest BCUT2D eigenvalue weighted by atomic mass is 35.5. The molecular weight excluding hydrogens is 316 g/mol. The monoisotopic (exact) mass is 324 g/mol. The molecule has 1 unspecified atom stereocenters. The maximum absolute atomic E-state index is 13.0. The first-order chi connectivity index (χ1) is 9.75. The highest BCUT2D eigenvalue weighted by Gasteiger charge is 2.53. The predicted molar refractivity (Wildman–Crippen MR) is 66.6 cm³/mol. The SMILES string of the molecule is O=C(c1cccc(Cl)c1)N1N=C(C(F)F)CC1(O)C(F)F. The lowest BCUT2D eigenvalue weighted by molar-refractivity contribution is -0.164. The fraction of sp³-hybridized carbons (Fsp3) is 0.333. The van der Waals surface area contributed by atoms with Crippen molar-refractivity contribution < 1.29 is 27.5 Å². The maximum Gasteiger partial charge on any atom is 0.287 e. The van der Waals surface area contributed by atoms with Gasteiger partial charge in [0.15, 0.2) is 0 Å². The summed E-state index contributed by atoms with van der Waals surface area (Å²) in [6.07, 6.45) is -7.72. The highest BCUT2D eigenvalue weighted by Crippen LogP contribution is 2.34. The molecular formula is C12H9ClF4N2O2. The number of aliphatic hydroxyl groups is 1. The summed E-state index contributed by atoms with van der Waals surface area (Å²) in [7, 11) is 0. The van der Waals surface area contributed by atoms with Crippen molar-refractivity contribution in [1.29, 1.82) is 0 Å². The summed E-state index contributed by atoms with van der Waals surface area (Å²) < 4.78 is 51.2. The number of amides is 1. The number of benzene rings is 1. The molecule has 0 bridgehead atoms. The predicted octanol–water partition coefficient (Wildman–Crippen LogP) is 2.76. The van der Waals surface area contributed by atoms with E-state index in [4.69, 9.17) is 11.6 Å². The minimum Gasteiger partial charge on any atom is -0.364 e. The quantitative estimate of drug-likeness (QED) is 0.869. The lowest BCUT2D eigenvalue weighted by atomic mass is 10.1. The standard InChI is InChI=1S/C12H9ClF4N2O2/c13-7-3-1-2-6(4-7)10(20)19-12(21,11(16)17)5-8(18-19)9(14)15/h1-4,9,11,21H,5H2. The van der Waals surface area contributed by atoms with Crippen LogP contribution in [0.5, 0.6) is 0 Å². The molecule has 21 heavy (non-hydrogen) atoms. The van der Waals surface area contributed by atoms with E-state index in [2.05, 4.69) is 5.10 Å². The molecule has 1 heterocycles. The first kappa shape index (κ1) is 15.7.